The molecular formula is C25H34O2. The molecule has 2 aliphatic rings. The molecule has 0 aliphatic heterocycles. The Balaban J connectivity index is 1.84. The SMILES string of the molecule is COC(=O)/C=C(C)/C=C/[C@@H]1C[C@]1(C)c1ccc2c(c1)C(C)(C)CCC2(C)C. The first-order chi connectivity index (χ1) is 12.5. The van der Waals surface area contributed by atoms with Crippen LogP contribution in [0.15, 0.2) is 42.0 Å². The van der Waals surface area contributed by atoms with E-state index < -0.39 is 0 Å². The summed E-state index contributed by atoms with van der Waals surface area (Å²) < 4.78 is 4.69. The normalized spacial score (nSPS) is 28.7. The second kappa shape index (κ2) is 6.65. The third-order valence-electron chi connectivity index (χ3n) is 6.95. The highest BCUT2D eigenvalue weighted by molar-refractivity contribution is 5.83. The van der Waals surface area contributed by atoms with Crippen LogP contribution >= 0.6 is 0 Å². The molecule has 0 spiro atoms. The monoisotopic (exact) mass is 366 g/mol. The molecule has 27 heavy (non-hydrogen) atoms. The Morgan fingerprint density at radius 1 is 1.07 bits per heavy atom. The van der Waals surface area contributed by atoms with Crippen molar-refractivity contribution in [3.63, 3.8) is 0 Å². The lowest BCUT2D eigenvalue weighted by molar-refractivity contribution is -0.134. The first-order valence-corrected chi connectivity index (χ1v) is 10.1. The maximum Gasteiger partial charge on any atom is 0.330 e. The summed E-state index contributed by atoms with van der Waals surface area (Å²) in [6.07, 6.45) is 9.51. The minimum absolute atomic E-state index is 0.203. The molecule has 146 valence electrons. The van der Waals surface area contributed by atoms with E-state index in [2.05, 4.69) is 65.0 Å². The van der Waals surface area contributed by atoms with E-state index in [0.717, 1.165) is 12.0 Å². The van der Waals surface area contributed by atoms with E-state index in [4.69, 9.17) is 4.74 Å². The maximum absolute atomic E-state index is 11.3. The molecule has 2 heteroatoms. The number of benzene rings is 1. The molecule has 1 fully saturated rings. The molecule has 0 bridgehead atoms. The van der Waals surface area contributed by atoms with Crippen LogP contribution in [0.5, 0.6) is 0 Å². The quantitative estimate of drug-likeness (QED) is 0.372. The lowest BCUT2D eigenvalue weighted by Gasteiger charge is -2.42. The number of esters is 1. The smallest absolute Gasteiger partial charge is 0.330 e. The fourth-order valence-electron chi connectivity index (χ4n) is 4.52. The summed E-state index contributed by atoms with van der Waals surface area (Å²) in [5, 5.41) is 0. The number of carbonyl (C=O) groups is 1. The van der Waals surface area contributed by atoms with Crippen LogP contribution in [0, 0.1) is 5.92 Å². The number of carbonyl (C=O) groups excluding carboxylic acids is 1. The van der Waals surface area contributed by atoms with Crippen molar-refractivity contribution in [1.29, 1.82) is 0 Å². The number of fused-ring (bicyclic) bond motifs is 1. The van der Waals surface area contributed by atoms with Crippen molar-refractivity contribution in [1.82, 2.24) is 0 Å². The summed E-state index contributed by atoms with van der Waals surface area (Å²) in [5.41, 5.74) is 6.17. The molecule has 0 aromatic heterocycles. The Morgan fingerprint density at radius 2 is 1.70 bits per heavy atom. The van der Waals surface area contributed by atoms with Crippen LogP contribution in [-0.4, -0.2) is 13.1 Å². The van der Waals surface area contributed by atoms with Crippen LogP contribution in [0.3, 0.4) is 0 Å². The molecule has 0 radical (unpaired) electrons. The molecule has 2 nitrogen and oxygen atoms in total. The highest BCUT2D eigenvalue weighted by atomic mass is 16.5. The predicted octanol–water partition coefficient (Wildman–Crippen LogP) is 5.99. The third-order valence-corrected chi connectivity index (χ3v) is 6.95. The second-order valence-electron chi connectivity index (χ2n) is 10.0. The molecule has 1 saturated carbocycles. The Bertz CT molecular complexity index is 810. The zero-order valence-corrected chi connectivity index (χ0v) is 18.0. The molecule has 1 aromatic rings. The first-order valence-electron chi connectivity index (χ1n) is 10.1. The molecule has 1 aromatic carbocycles. The summed E-state index contributed by atoms with van der Waals surface area (Å²) in [6.45, 7) is 13.8. The van der Waals surface area contributed by atoms with Crippen LogP contribution in [0.2, 0.25) is 0 Å². The largest absolute Gasteiger partial charge is 0.466 e. The van der Waals surface area contributed by atoms with E-state index in [1.165, 1.54) is 36.6 Å². The van der Waals surface area contributed by atoms with Gasteiger partial charge in [0, 0.05) is 6.08 Å². The van der Waals surface area contributed by atoms with Crippen molar-refractivity contribution in [3.8, 4) is 0 Å². The molecule has 0 unspecified atom stereocenters. The van der Waals surface area contributed by atoms with Crippen LogP contribution in [0.25, 0.3) is 0 Å². The van der Waals surface area contributed by atoms with Crippen molar-refractivity contribution in [3.05, 3.63) is 58.7 Å². The summed E-state index contributed by atoms with van der Waals surface area (Å²) in [5.74, 6) is 0.228. The Morgan fingerprint density at radius 3 is 2.33 bits per heavy atom. The van der Waals surface area contributed by atoms with Crippen LogP contribution < -0.4 is 0 Å². The van der Waals surface area contributed by atoms with E-state index in [-0.39, 0.29) is 22.2 Å². The predicted molar refractivity (Wildman–Crippen MR) is 112 cm³/mol. The summed E-state index contributed by atoms with van der Waals surface area (Å²) in [7, 11) is 1.41. The van der Waals surface area contributed by atoms with Crippen molar-refractivity contribution < 1.29 is 9.53 Å². The van der Waals surface area contributed by atoms with E-state index in [1.807, 2.05) is 6.92 Å². The van der Waals surface area contributed by atoms with E-state index >= 15 is 0 Å². The van der Waals surface area contributed by atoms with Gasteiger partial charge in [0.1, 0.15) is 0 Å². The Labute approximate surface area is 164 Å². The second-order valence-corrected chi connectivity index (χ2v) is 10.0. The van der Waals surface area contributed by atoms with Gasteiger partial charge in [0.2, 0.25) is 0 Å². The maximum atomic E-state index is 11.3. The molecule has 0 heterocycles. The van der Waals surface area contributed by atoms with Crippen molar-refractivity contribution in [2.45, 2.75) is 77.0 Å². The number of ether oxygens (including phenoxy) is 1. The fourth-order valence-corrected chi connectivity index (χ4v) is 4.52. The van der Waals surface area contributed by atoms with E-state index in [1.54, 1.807) is 6.08 Å². The molecular weight excluding hydrogens is 332 g/mol. The van der Waals surface area contributed by atoms with Crippen LogP contribution in [0.4, 0.5) is 0 Å². The minimum atomic E-state index is -0.296. The Hall–Kier alpha value is -1.83. The molecule has 2 aliphatic carbocycles. The van der Waals surface area contributed by atoms with Gasteiger partial charge >= 0.3 is 5.97 Å². The van der Waals surface area contributed by atoms with E-state index in [0.29, 0.717) is 5.92 Å². The van der Waals surface area contributed by atoms with Gasteiger partial charge in [-0.1, -0.05) is 65.0 Å². The van der Waals surface area contributed by atoms with Gasteiger partial charge in [-0.15, -0.1) is 0 Å². The van der Waals surface area contributed by atoms with Gasteiger partial charge in [0.25, 0.3) is 0 Å². The summed E-state index contributed by atoms with van der Waals surface area (Å²) >= 11 is 0. The van der Waals surface area contributed by atoms with Crippen LogP contribution in [-0.2, 0) is 25.8 Å². The summed E-state index contributed by atoms with van der Waals surface area (Å²) in [6, 6.07) is 7.23. The van der Waals surface area contributed by atoms with Crippen molar-refractivity contribution in [2.24, 2.45) is 5.92 Å². The standard InChI is InChI=1S/C25H34O2/c1-17(14-22(26)27-7)8-9-19-16-25(19,6)18-10-11-20-21(15-18)24(4,5)13-12-23(20,2)3/h8-11,14-15,19H,12-13,16H2,1-7H3/b9-8+,17-14+/t19-,25-/m1/s1. The van der Waals surface area contributed by atoms with Crippen molar-refractivity contribution in [2.75, 3.05) is 7.11 Å². The third kappa shape index (κ3) is 3.77. The zero-order valence-electron chi connectivity index (χ0n) is 18.0. The van der Waals surface area contributed by atoms with Crippen LogP contribution in [0.1, 0.15) is 77.5 Å². The highest BCUT2D eigenvalue weighted by Crippen LogP contribution is 2.56. The highest BCUT2D eigenvalue weighted by Gasteiger charge is 2.50. The van der Waals surface area contributed by atoms with Gasteiger partial charge in [-0.25, -0.2) is 4.79 Å². The summed E-state index contributed by atoms with van der Waals surface area (Å²) in [4.78, 5) is 11.3. The van der Waals surface area contributed by atoms with Gasteiger partial charge in [-0.2, -0.15) is 0 Å². The number of rotatable bonds is 4. The lowest BCUT2D eigenvalue weighted by atomic mass is 9.62. The number of hydrogen-bond donors (Lipinski definition) is 0. The van der Waals surface area contributed by atoms with E-state index in [9.17, 15) is 4.79 Å². The van der Waals surface area contributed by atoms with Gasteiger partial charge in [0.15, 0.2) is 0 Å². The van der Waals surface area contributed by atoms with Crippen molar-refractivity contribution >= 4 is 5.97 Å². The average molecular weight is 367 g/mol. The minimum Gasteiger partial charge on any atom is -0.466 e. The van der Waals surface area contributed by atoms with Gasteiger partial charge < -0.3 is 4.74 Å². The lowest BCUT2D eigenvalue weighted by Crippen LogP contribution is -2.34. The molecule has 0 N–H and O–H groups in total. The molecule has 0 amide bonds. The zero-order chi connectivity index (χ0) is 20.0. The fraction of sp³-hybridized carbons (Fsp3) is 0.560. The topological polar surface area (TPSA) is 26.3 Å². The number of hydrogen-bond acceptors (Lipinski definition) is 2. The van der Waals surface area contributed by atoms with Gasteiger partial charge in [0.05, 0.1) is 7.11 Å². The number of methoxy groups -OCH3 is 1. The van der Waals surface area contributed by atoms with Gasteiger partial charge in [-0.05, 0) is 70.6 Å². The molecule has 2 atom stereocenters. The number of allylic oxidation sites excluding steroid dienone is 3. The average Bonchev–Trinajstić information content (AvgIpc) is 3.28. The van der Waals surface area contributed by atoms with Gasteiger partial charge in [-0.3, -0.25) is 0 Å². The molecule has 0 saturated heterocycles. The Kier molecular flexibility index (Phi) is 4.91. The molecule has 3 rings (SSSR count). The first kappa shape index (κ1) is 19.9.